The molecule has 7 rings (SSSR count). The highest BCUT2D eigenvalue weighted by atomic mass is 32.1. The lowest BCUT2D eigenvalue weighted by molar-refractivity contribution is 1.45. The van der Waals surface area contributed by atoms with Crippen molar-refractivity contribution < 1.29 is 0 Å². The molecule has 0 saturated carbocycles. The van der Waals surface area contributed by atoms with E-state index < -0.39 is 0 Å². The second kappa shape index (κ2) is 9.35. The SMILES string of the molecule is N#Cc1cccc(-c2ccc(-c3cc(-c4nc5ccccc5s4)cc(-c4nc5ccccc5s4)c3)cc2)c1. The number of nitriles is 1. The average molecular weight is 522 g/mol. The Morgan fingerprint density at radius 2 is 1.00 bits per heavy atom. The minimum atomic E-state index is 0.663. The molecule has 38 heavy (non-hydrogen) atoms. The molecule has 0 saturated heterocycles. The van der Waals surface area contributed by atoms with Crippen LogP contribution in [0.25, 0.3) is 63.8 Å². The lowest BCUT2D eigenvalue weighted by Crippen LogP contribution is -1.86. The van der Waals surface area contributed by atoms with Crippen LogP contribution < -0.4 is 0 Å². The van der Waals surface area contributed by atoms with Gasteiger partial charge in [0.05, 0.1) is 32.1 Å². The van der Waals surface area contributed by atoms with Crippen molar-refractivity contribution in [2.24, 2.45) is 0 Å². The van der Waals surface area contributed by atoms with E-state index in [4.69, 9.17) is 9.97 Å². The number of hydrogen-bond donors (Lipinski definition) is 0. The van der Waals surface area contributed by atoms with Gasteiger partial charge >= 0.3 is 0 Å². The predicted octanol–water partition coefficient (Wildman–Crippen LogP) is 9.45. The van der Waals surface area contributed by atoms with E-state index in [0.717, 1.165) is 54.4 Å². The molecule has 0 bridgehead atoms. The van der Waals surface area contributed by atoms with Gasteiger partial charge in [0.1, 0.15) is 10.0 Å². The zero-order valence-corrected chi connectivity index (χ0v) is 21.8. The number of nitrogens with zero attached hydrogens (tertiary/aromatic N) is 3. The summed E-state index contributed by atoms with van der Waals surface area (Å²) in [6.07, 6.45) is 0. The van der Waals surface area contributed by atoms with Crippen molar-refractivity contribution in [1.82, 2.24) is 9.97 Å². The fraction of sp³-hybridized carbons (Fsp3) is 0. The van der Waals surface area contributed by atoms with E-state index in [1.165, 1.54) is 9.40 Å². The van der Waals surface area contributed by atoms with Crippen molar-refractivity contribution in [2.75, 3.05) is 0 Å². The fourth-order valence-electron chi connectivity index (χ4n) is 4.66. The highest BCUT2D eigenvalue weighted by molar-refractivity contribution is 7.22. The monoisotopic (exact) mass is 521 g/mol. The second-order valence-corrected chi connectivity index (χ2v) is 11.1. The fourth-order valence-corrected chi connectivity index (χ4v) is 6.56. The molecule has 0 N–H and O–H groups in total. The van der Waals surface area contributed by atoms with Gasteiger partial charge in [0, 0.05) is 11.1 Å². The minimum absolute atomic E-state index is 0.663. The summed E-state index contributed by atoms with van der Waals surface area (Å²) in [5, 5.41) is 11.3. The summed E-state index contributed by atoms with van der Waals surface area (Å²) in [4.78, 5) is 9.88. The Kier molecular flexibility index (Phi) is 5.55. The normalized spacial score (nSPS) is 11.1. The highest BCUT2D eigenvalue weighted by Gasteiger charge is 2.14. The quantitative estimate of drug-likeness (QED) is 0.232. The zero-order valence-electron chi connectivity index (χ0n) is 20.1. The average Bonchev–Trinajstić information content (AvgIpc) is 3.62. The number of para-hydroxylation sites is 2. The smallest absolute Gasteiger partial charge is 0.124 e. The summed E-state index contributed by atoms with van der Waals surface area (Å²) in [5.74, 6) is 0. The number of fused-ring (bicyclic) bond motifs is 2. The van der Waals surface area contributed by atoms with E-state index >= 15 is 0 Å². The van der Waals surface area contributed by atoms with Gasteiger partial charge in [-0.3, -0.25) is 0 Å². The first-order valence-electron chi connectivity index (χ1n) is 12.2. The maximum atomic E-state index is 9.28. The third-order valence-corrected chi connectivity index (χ3v) is 8.73. The molecule has 2 heterocycles. The summed E-state index contributed by atoms with van der Waals surface area (Å²) >= 11 is 3.42. The predicted molar refractivity (Wildman–Crippen MR) is 159 cm³/mol. The van der Waals surface area contributed by atoms with Crippen LogP contribution in [0, 0.1) is 11.3 Å². The lowest BCUT2D eigenvalue weighted by atomic mass is 9.97. The molecule has 0 atom stereocenters. The molecule has 0 aliphatic carbocycles. The number of benzene rings is 5. The molecular formula is C33H19N3S2. The molecule has 2 aromatic heterocycles. The standard InChI is InChI=1S/C33H19N3S2/c34-20-21-6-5-7-24(16-21)22-12-14-23(15-13-22)25-17-26(32-35-28-8-1-3-10-30(28)37-32)19-27(18-25)33-36-29-9-2-4-11-31(29)38-33/h1-19H. The Morgan fingerprint density at radius 3 is 1.55 bits per heavy atom. The molecule has 0 unspecified atom stereocenters. The third-order valence-electron chi connectivity index (χ3n) is 6.56. The van der Waals surface area contributed by atoms with Crippen molar-refractivity contribution in [1.29, 1.82) is 5.26 Å². The van der Waals surface area contributed by atoms with Crippen molar-refractivity contribution in [2.45, 2.75) is 0 Å². The molecule has 5 aromatic carbocycles. The molecule has 3 nitrogen and oxygen atoms in total. The van der Waals surface area contributed by atoms with Gasteiger partial charge in [-0.2, -0.15) is 5.26 Å². The molecule has 0 fully saturated rings. The summed E-state index contributed by atoms with van der Waals surface area (Å²) in [6.45, 7) is 0. The Hall–Kier alpha value is -4.63. The second-order valence-electron chi connectivity index (χ2n) is 9.04. The molecule has 0 radical (unpaired) electrons. The number of thiazole rings is 2. The van der Waals surface area contributed by atoms with E-state index in [2.05, 4.69) is 84.9 Å². The first-order chi connectivity index (χ1) is 18.7. The molecule has 0 amide bonds. The van der Waals surface area contributed by atoms with Crippen LogP contribution in [0.3, 0.4) is 0 Å². The lowest BCUT2D eigenvalue weighted by Gasteiger charge is -2.09. The topological polar surface area (TPSA) is 49.6 Å². The van der Waals surface area contributed by atoms with Gasteiger partial charge in [-0.25, -0.2) is 9.97 Å². The van der Waals surface area contributed by atoms with Gasteiger partial charge in [0.2, 0.25) is 0 Å². The van der Waals surface area contributed by atoms with Gasteiger partial charge in [-0.05, 0) is 76.9 Å². The van der Waals surface area contributed by atoms with E-state index in [-0.39, 0.29) is 0 Å². The Labute approximate surface area is 228 Å². The highest BCUT2D eigenvalue weighted by Crippen LogP contribution is 2.38. The Morgan fingerprint density at radius 1 is 0.474 bits per heavy atom. The molecule has 0 spiro atoms. The first kappa shape index (κ1) is 22.6. The van der Waals surface area contributed by atoms with Crippen LogP contribution in [0.5, 0.6) is 0 Å². The van der Waals surface area contributed by atoms with Gasteiger partial charge in [-0.1, -0.05) is 60.7 Å². The van der Waals surface area contributed by atoms with Gasteiger partial charge < -0.3 is 0 Å². The van der Waals surface area contributed by atoms with E-state index in [0.29, 0.717) is 5.56 Å². The van der Waals surface area contributed by atoms with E-state index in [1.54, 1.807) is 22.7 Å². The summed E-state index contributed by atoms with van der Waals surface area (Å²) in [6, 6.07) is 41.7. The maximum absolute atomic E-state index is 9.28. The van der Waals surface area contributed by atoms with E-state index in [1.807, 2.05) is 36.4 Å². The maximum Gasteiger partial charge on any atom is 0.124 e. The van der Waals surface area contributed by atoms with Crippen LogP contribution in [0.2, 0.25) is 0 Å². The Balaban J connectivity index is 1.36. The van der Waals surface area contributed by atoms with Crippen molar-refractivity contribution in [3.05, 3.63) is 121 Å². The van der Waals surface area contributed by atoms with Crippen molar-refractivity contribution in [3.8, 4) is 49.5 Å². The number of hydrogen-bond acceptors (Lipinski definition) is 5. The van der Waals surface area contributed by atoms with Crippen LogP contribution in [-0.4, -0.2) is 9.97 Å². The summed E-state index contributed by atoms with van der Waals surface area (Å²) in [7, 11) is 0. The molecular weight excluding hydrogens is 503 g/mol. The Bertz CT molecular complexity index is 1830. The zero-order chi connectivity index (χ0) is 25.5. The van der Waals surface area contributed by atoms with Crippen LogP contribution in [0.15, 0.2) is 115 Å². The molecule has 7 aromatic rings. The van der Waals surface area contributed by atoms with Gasteiger partial charge in [0.25, 0.3) is 0 Å². The van der Waals surface area contributed by atoms with Gasteiger partial charge in [0.15, 0.2) is 0 Å². The molecule has 0 aliphatic heterocycles. The van der Waals surface area contributed by atoms with Crippen molar-refractivity contribution in [3.63, 3.8) is 0 Å². The molecule has 5 heteroatoms. The van der Waals surface area contributed by atoms with Gasteiger partial charge in [-0.15, -0.1) is 22.7 Å². The largest absolute Gasteiger partial charge is 0.236 e. The van der Waals surface area contributed by atoms with Crippen LogP contribution in [0.1, 0.15) is 5.56 Å². The van der Waals surface area contributed by atoms with E-state index in [9.17, 15) is 5.26 Å². The summed E-state index contributed by atoms with van der Waals surface area (Å²) < 4.78 is 2.36. The number of aromatic nitrogens is 2. The molecule has 178 valence electrons. The van der Waals surface area contributed by atoms with Crippen molar-refractivity contribution >= 4 is 43.1 Å². The molecule has 0 aliphatic rings. The minimum Gasteiger partial charge on any atom is -0.236 e. The van der Waals surface area contributed by atoms with Crippen LogP contribution in [-0.2, 0) is 0 Å². The first-order valence-corrected chi connectivity index (χ1v) is 13.8. The van der Waals surface area contributed by atoms with Crippen LogP contribution >= 0.6 is 22.7 Å². The third kappa shape index (κ3) is 4.16. The summed E-state index contributed by atoms with van der Waals surface area (Å²) in [5.41, 5.74) is 9.23. The number of rotatable bonds is 4. The van der Waals surface area contributed by atoms with Crippen LogP contribution in [0.4, 0.5) is 0 Å².